The van der Waals surface area contributed by atoms with E-state index in [2.05, 4.69) is 24.2 Å². The third-order valence-electron chi connectivity index (χ3n) is 2.55. The quantitative estimate of drug-likeness (QED) is 0.805. The number of thiocarbonyl (C=S) groups is 1. The Morgan fingerprint density at radius 1 is 1.25 bits per heavy atom. The van der Waals surface area contributed by atoms with Crippen molar-refractivity contribution in [2.75, 3.05) is 0 Å². The Morgan fingerprint density at radius 2 is 1.88 bits per heavy atom. The van der Waals surface area contributed by atoms with Crippen LogP contribution in [0.1, 0.15) is 16.8 Å². The fourth-order valence-electron chi connectivity index (χ4n) is 1.60. The zero-order chi connectivity index (χ0) is 11.7. The lowest BCUT2D eigenvalue weighted by Gasteiger charge is -2.05. The molecule has 0 radical (unpaired) electrons. The standard InChI is InChI=1S/C12H13N3S/c1-8-3-5-10(6-4-8)15-9(2)11(7-14-15)12(13)16/h3-7H,1-2H3,(H2,13,16). The predicted molar refractivity (Wildman–Crippen MR) is 68.9 cm³/mol. The number of benzene rings is 1. The van der Waals surface area contributed by atoms with E-state index >= 15 is 0 Å². The summed E-state index contributed by atoms with van der Waals surface area (Å²) in [6.45, 7) is 4.02. The van der Waals surface area contributed by atoms with Gasteiger partial charge in [0.1, 0.15) is 4.99 Å². The Hall–Kier alpha value is -1.68. The Labute approximate surface area is 99.9 Å². The van der Waals surface area contributed by atoms with Gasteiger partial charge in [-0.15, -0.1) is 0 Å². The fourth-order valence-corrected chi connectivity index (χ4v) is 1.80. The van der Waals surface area contributed by atoms with E-state index in [1.165, 1.54) is 5.56 Å². The van der Waals surface area contributed by atoms with E-state index in [1.807, 2.05) is 23.7 Å². The Morgan fingerprint density at radius 3 is 2.38 bits per heavy atom. The van der Waals surface area contributed by atoms with Crippen LogP contribution in [0.15, 0.2) is 30.5 Å². The molecule has 2 aromatic rings. The van der Waals surface area contributed by atoms with Gasteiger partial charge >= 0.3 is 0 Å². The van der Waals surface area contributed by atoms with Crippen LogP contribution in [0.5, 0.6) is 0 Å². The molecule has 0 aliphatic heterocycles. The van der Waals surface area contributed by atoms with Crippen molar-refractivity contribution in [3.63, 3.8) is 0 Å². The van der Waals surface area contributed by atoms with Crippen molar-refractivity contribution in [2.24, 2.45) is 5.73 Å². The highest BCUT2D eigenvalue weighted by molar-refractivity contribution is 7.80. The minimum Gasteiger partial charge on any atom is -0.389 e. The van der Waals surface area contributed by atoms with Gasteiger partial charge in [-0.3, -0.25) is 0 Å². The van der Waals surface area contributed by atoms with Crippen molar-refractivity contribution < 1.29 is 0 Å². The molecule has 1 aromatic carbocycles. The molecule has 0 aliphatic carbocycles. The molecule has 16 heavy (non-hydrogen) atoms. The highest BCUT2D eigenvalue weighted by Gasteiger charge is 2.09. The Kier molecular flexibility index (Phi) is 2.75. The van der Waals surface area contributed by atoms with Gasteiger partial charge in [-0.25, -0.2) is 4.68 Å². The maximum atomic E-state index is 5.61. The molecule has 0 saturated heterocycles. The summed E-state index contributed by atoms with van der Waals surface area (Å²) < 4.78 is 1.84. The van der Waals surface area contributed by atoms with E-state index in [0.717, 1.165) is 16.9 Å². The monoisotopic (exact) mass is 231 g/mol. The van der Waals surface area contributed by atoms with Crippen LogP contribution in [0.4, 0.5) is 0 Å². The second-order valence-corrected chi connectivity index (χ2v) is 4.20. The zero-order valence-corrected chi connectivity index (χ0v) is 10.1. The summed E-state index contributed by atoms with van der Waals surface area (Å²) in [5.74, 6) is 0. The average Bonchev–Trinajstić information content (AvgIpc) is 2.61. The number of nitrogens with zero attached hydrogens (tertiary/aromatic N) is 2. The minimum atomic E-state index is 0.385. The number of nitrogens with two attached hydrogens (primary N) is 1. The maximum Gasteiger partial charge on any atom is 0.107 e. The van der Waals surface area contributed by atoms with Crippen LogP contribution < -0.4 is 5.73 Å². The van der Waals surface area contributed by atoms with Gasteiger partial charge < -0.3 is 5.73 Å². The lowest BCUT2D eigenvalue weighted by molar-refractivity contribution is 0.846. The molecule has 0 saturated carbocycles. The number of aryl methyl sites for hydroxylation is 1. The molecule has 82 valence electrons. The molecule has 1 heterocycles. The van der Waals surface area contributed by atoms with Crippen LogP contribution >= 0.6 is 12.2 Å². The Balaban J connectivity index is 2.49. The molecule has 0 atom stereocenters. The van der Waals surface area contributed by atoms with Gasteiger partial charge in [-0.05, 0) is 26.0 Å². The third-order valence-corrected chi connectivity index (χ3v) is 2.77. The second kappa shape index (κ2) is 4.06. The molecular weight excluding hydrogens is 218 g/mol. The van der Waals surface area contributed by atoms with E-state index in [1.54, 1.807) is 6.20 Å². The normalized spacial score (nSPS) is 10.4. The highest BCUT2D eigenvalue weighted by Crippen LogP contribution is 2.14. The molecule has 0 spiro atoms. The van der Waals surface area contributed by atoms with Crippen LogP contribution in [0, 0.1) is 13.8 Å². The van der Waals surface area contributed by atoms with Crippen molar-refractivity contribution in [1.29, 1.82) is 0 Å². The fraction of sp³-hybridized carbons (Fsp3) is 0.167. The second-order valence-electron chi connectivity index (χ2n) is 3.76. The lowest BCUT2D eigenvalue weighted by Crippen LogP contribution is -2.10. The van der Waals surface area contributed by atoms with Gasteiger partial charge in [0.15, 0.2) is 0 Å². The zero-order valence-electron chi connectivity index (χ0n) is 9.27. The first-order valence-corrected chi connectivity index (χ1v) is 5.42. The van der Waals surface area contributed by atoms with E-state index in [-0.39, 0.29) is 0 Å². The molecular formula is C12H13N3S. The summed E-state index contributed by atoms with van der Waals surface area (Å²) in [7, 11) is 0. The molecule has 0 amide bonds. The van der Waals surface area contributed by atoms with Crippen molar-refractivity contribution >= 4 is 17.2 Å². The smallest absolute Gasteiger partial charge is 0.107 e. The molecule has 0 bridgehead atoms. The number of hydrogen-bond donors (Lipinski definition) is 1. The summed E-state index contributed by atoms with van der Waals surface area (Å²) in [4.78, 5) is 0.385. The molecule has 0 fully saturated rings. The van der Waals surface area contributed by atoms with Crippen molar-refractivity contribution in [1.82, 2.24) is 9.78 Å². The molecule has 3 nitrogen and oxygen atoms in total. The van der Waals surface area contributed by atoms with Gasteiger partial charge in [0.2, 0.25) is 0 Å². The van der Waals surface area contributed by atoms with Crippen LogP contribution in [0.3, 0.4) is 0 Å². The average molecular weight is 231 g/mol. The van der Waals surface area contributed by atoms with Gasteiger partial charge in [-0.1, -0.05) is 29.9 Å². The van der Waals surface area contributed by atoms with Crippen molar-refractivity contribution in [3.8, 4) is 5.69 Å². The number of hydrogen-bond acceptors (Lipinski definition) is 2. The molecule has 1 aromatic heterocycles. The summed E-state index contributed by atoms with van der Waals surface area (Å²) in [6, 6.07) is 8.16. The van der Waals surface area contributed by atoms with Gasteiger partial charge in [0.25, 0.3) is 0 Å². The lowest BCUT2D eigenvalue weighted by atomic mass is 10.2. The first-order chi connectivity index (χ1) is 7.59. The van der Waals surface area contributed by atoms with E-state index in [9.17, 15) is 0 Å². The molecule has 2 rings (SSSR count). The summed E-state index contributed by atoms with van der Waals surface area (Å²) in [5.41, 5.74) is 9.65. The summed E-state index contributed by atoms with van der Waals surface area (Å²) in [6.07, 6.45) is 1.71. The molecule has 2 N–H and O–H groups in total. The van der Waals surface area contributed by atoms with Crippen LogP contribution in [0.25, 0.3) is 5.69 Å². The first kappa shape index (κ1) is 10.8. The molecule has 0 aliphatic rings. The van der Waals surface area contributed by atoms with E-state index in [0.29, 0.717) is 4.99 Å². The maximum absolute atomic E-state index is 5.61. The van der Waals surface area contributed by atoms with Crippen LogP contribution in [-0.4, -0.2) is 14.8 Å². The topological polar surface area (TPSA) is 43.8 Å². The van der Waals surface area contributed by atoms with E-state index in [4.69, 9.17) is 18.0 Å². The summed E-state index contributed by atoms with van der Waals surface area (Å²) >= 11 is 4.96. The van der Waals surface area contributed by atoms with Gasteiger partial charge in [-0.2, -0.15) is 5.10 Å². The van der Waals surface area contributed by atoms with Crippen LogP contribution in [0.2, 0.25) is 0 Å². The Bertz CT molecular complexity index is 526. The van der Waals surface area contributed by atoms with Gasteiger partial charge in [0.05, 0.1) is 23.1 Å². The van der Waals surface area contributed by atoms with Gasteiger partial charge in [0, 0.05) is 0 Å². The summed E-state index contributed by atoms with van der Waals surface area (Å²) in [5, 5.41) is 4.29. The molecule has 4 heteroatoms. The van der Waals surface area contributed by atoms with Crippen molar-refractivity contribution in [3.05, 3.63) is 47.3 Å². The SMILES string of the molecule is Cc1ccc(-n2ncc(C(N)=S)c2C)cc1. The largest absolute Gasteiger partial charge is 0.389 e. The highest BCUT2D eigenvalue weighted by atomic mass is 32.1. The minimum absolute atomic E-state index is 0.385. The third kappa shape index (κ3) is 1.84. The first-order valence-electron chi connectivity index (χ1n) is 5.01. The van der Waals surface area contributed by atoms with Crippen molar-refractivity contribution in [2.45, 2.75) is 13.8 Å². The van der Waals surface area contributed by atoms with Crippen LogP contribution in [-0.2, 0) is 0 Å². The molecule has 0 unspecified atom stereocenters. The predicted octanol–water partition coefficient (Wildman–Crippen LogP) is 2.12. The van der Waals surface area contributed by atoms with E-state index < -0.39 is 0 Å². The number of aromatic nitrogens is 2. The number of rotatable bonds is 2.